The topological polar surface area (TPSA) is 45.7 Å². The molecule has 1 atom stereocenters. The Bertz CT molecular complexity index is 540. The second-order valence-electron chi connectivity index (χ2n) is 6.50. The molecule has 0 bridgehead atoms. The molecule has 1 aromatic rings. The summed E-state index contributed by atoms with van der Waals surface area (Å²) >= 11 is 5.99. The van der Waals surface area contributed by atoms with Gasteiger partial charge >= 0.3 is 0 Å². The molecule has 1 aliphatic carbocycles. The van der Waals surface area contributed by atoms with E-state index >= 15 is 0 Å². The van der Waals surface area contributed by atoms with Crippen LogP contribution in [0.1, 0.15) is 38.2 Å². The lowest BCUT2D eigenvalue weighted by atomic mass is 9.96. The van der Waals surface area contributed by atoms with Gasteiger partial charge in [0.05, 0.1) is 12.6 Å². The molecule has 1 unspecified atom stereocenters. The van der Waals surface area contributed by atoms with Crippen LogP contribution in [0, 0.1) is 0 Å². The standard InChI is InChI=1S/C18H26ClN3O.HI/c1-2-20-17(21-12-16-4-3-11-23-16)22-13-18(9-10-18)14-5-7-15(19)8-6-14;/h5-8,16H,2-4,9-13H2,1H3,(H2,20,21,22);1H. The van der Waals surface area contributed by atoms with Crippen molar-refractivity contribution in [3.63, 3.8) is 0 Å². The van der Waals surface area contributed by atoms with Crippen molar-refractivity contribution in [2.24, 2.45) is 4.99 Å². The molecule has 0 aromatic heterocycles. The van der Waals surface area contributed by atoms with Crippen LogP contribution in [0.4, 0.5) is 0 Å². The summed E-state index contributed by atoms with van der Waals surface area (Å²) in [6.07, 6.45) is 5.03. The molecule has 0 radical (unpaired) electrons. The van der Waals surface area contributed by atoms with Crippen LogP contribution in [0.2, 0.25) is 5.02 Å². The van der Waals surface area contributed by atoms with Crippen LogP contribution in [0.25, 0.3) is 0 Å². The highest BCUT2D eigenvalue weighted by atomic mass is 127. The second kappa shape index (κ2) is 9.25. The Morgan fingerprint density at radius 2 is 2.04 bits per heavy atom. The Kier molecular flexibility index (Phi) is 7.62. The molecule has 2 N–H and O–H groups in total. The molecule has 134 valence electrons. The molecule has 1 heterocycles. The van der Waals surface area contributed by atoms with E-state index in [1.807, 2.05) is 12.1 Å². The van der Waals surface area contributed by atoms with Crippen LogP contribution in [-0.2, 0) is 10.2 Å². The molecule has 1 aromatic carbocycles. The van der Waals surface area contributed by atoms with Crippen LogP contribution >= 0.6 is 35.6 Å². The summed E-state index contributed by atoms with van der Waals surface area (Å²) in [6, 6.07) is 8.22. The predicted molar refractivity (Wildman–Crippen MR) is 111 cm³/mol. The fourth-order valence-corrected chi connectivity index (χ4v) is 3.21. The van der Waals surface area contributed by atoms with Crippen molar-refractivity contribution in [1.82, 2.24) is 10.6 Å². The number of aliphatic imine (C=N–C) groups is 1. The number of ether oxygens (including phenoxy) is 1. The third-order valence-corrected chi connectivity index (χ3v) is 4.97. The molecule has 1 saturated heterocycles. The van der Waals surface area contributed by atoms with E-state index < -0.39 is 0 Å². The Labute approximate surface area is 166 Å². The number of hydrogen-bond donors (Lipinski definition) is 2. The lowest BCUT2D eigenvalue weighted by Crippen LogP contribution is -2.41. The number of nitrogens with zero attached hydrogens (tertiary/aromatic N) is 1. The largest absolute Gasteiger partial charge is 0.376 e. The van der Waals surface area contributed by atoms with Gasteiger partial charge in [0.25, 0.3) is 0 Å². The SMILES string of the molecule is CCNC(=NCC1(c2ccc(Cl)cc2)CC1)NCC1CCCO1.I. The van der Waals surface area contributed by atoms with Crippen molar-refractivity contribution < 1.29 is 4.74 Å². The zero-order valence-electron chi connectivity index (χ0n) is 14.2. The lowest BCUT2D eigenvalue weighted by molar-refractivity contribution is 0.114. The third kappa shape index (κ3) is 5.23. The van der Waals surface area contributed by atoms with Crippen LogP contribution < -0.4 is 10.6 Å². The van der Waals surface area contributed by atoms with E-state index in [0.717, 1.165) is 43.6 Å². The minimum absolute atomic E-state index is 0. The average molecular weight is 464 g/mol. The van der Waals surface area contributed by atoms with Crippen LogP contribution in [0.15, 0.2) is 29.3 Å². The van der Waals surface area contributed by atoms with Crippen LogP contribution in [-0.4, -0.2) is 38.3 Å². The Balaban J connectivity index is 0.00000208. The van der Waals surface area contributed by atoms with E-state index in [-0.39, 0.29) is 29.4 Å². The van der Waals surface area contributed by atoms with E-state index in [2.05, 4.69) is 29.7 Å². The molecule has 0 spiro atoms. The molecule has 3 rings (SSSR count). The zero-order chi connectivity index (χ0) is 16.1. The van der Waals surface area contributed by atoms with Crippen molar-refractivity contribution in [2.45, 2.75) is 44.1 Å². The number of guanidine groups is 1. The van der Waals surface area contributed by atoms with Crippen LogP contribution in [0.5, 0.6) is 0 Å². The normalized spacial score (nSPS) is 21.9. The van der Waals surface area contributed by atoms with Gasteiger partial charge in [0.1, 0.15) is 0 Å². The quantitative estimate of drug-likeness (QED) is 0.384. The Hall–Kier alpha value is -0.530. The average Bonchev–Trinajstić information content (AvgIpc) is 3.16. The van der Waals surface area contributed by atoms with E-state index in [4.69, 9.17) is 21.3 Å². The Morgan fingerprint density at radius 3 is 2.62 bits per heavy atom. The maximum Gasteiger partial charge on any atom is 0.191 e. The molecule has 24 heavy (non-hydrogen) atoms. The Morgan fingerprint density at radius 1 is 1.29 bits per heavy atom. The van der Waals surface area contributed by atoms with Crippen molar-refractivity contribution in [3.8, 4) is 0 Å². The fourth-order valence-electron chi connectivity index (χ4n) is 3.08. The first kappa shape index (κ1) is 19.8. The number of hydrogen-bond acceptors (Lipinski definition) is 2. The molecular weight excluding hydrogens is 437 g/mol. The van der Waals surface area contributed by atoms with Gasteiger partial charge in [-0.3, -0.25) is 4.99 Å². The van der Waals surface area contributed by atoms with Gasteiger partial charge in [0.2, 0.25) is 0 Å². The summed E-state index contributed by atoms with van der Waals surface area (Å²) in [7, 11) is 0. The highest BCUT2D eigenvalue weighted by molar-refractivity contribution is 14.0. The highest BCUT2D eigenvalue weighted by Gasteiger charge is 2.44. The molecule has 1 saturated carbocycles. The van der Waals surface area contributed by atoms with E-state index in [1.165, 1.54) is 24.8 Å². The van der Waals surface area contributed by atoms with Gasteiger partial charge in [-0.2, -0.15) is 0 Å². The van der Waals surface area contributed by atoms with Gasteiger partial charge in [0, 0.05) is 30.1 Å². The van der Waals surface area contributed by atoms with Gasteiger partial charge in [0.15, 0.2) is 5.96 Å². The maximum absolute atomic E-state index is 5.99. The highest BCUT2D eigenvalue weighted by Crippen LogP contribution is 2.48. The summed E-state index contributed by atoms with van der Waals surface area (Å²) in [5, 5.41) is 7.54. The van der Waals surface area contributed by atoms with E-state index in [9.17, 15) is 0 Å². The monoisotopic (exact) mass is 463 g/mol. The smallest absolute Gasteiger partial charge is 0.191 e. The summed E-state index contributed by atoms with van der Waals surface area (Å²) in [5.41, 5.74) is 1.55. The summed E-state index contributed by atoms with van der Waals surface area (Å²) in [5.74, 6) is 0.892. The fraction of sp³-hybridized carbons (Fsp3) is 0.611. The number of benzene rings is 1. The minimum Gasteiger partial charge on any atom is -0.376 e. The minimum atomic E-state index is 0. The summed E-state index contributed by atoms with van der Waals surface area (Å²) in [4.78, 5) is 4.81. The number of halogens is 2. The summed E-state index contributed by atoms with van der Waals surface area (Å²) in [6.45, 7) is 5.50. The maximum atomic E-state index is 5.99. The zero-order valence-corrected chi connectivity index (χ0v) is 17.3. The molecule has 2 fully saturated rings. The van der Waals surface area contributed by atoms with Gasteiger partial charge < -0.3 is 15.4 Å². The number of nitrogens with one attached hydrogen (secondary N) is 2. The van der Waals surface area contributed by atoms with E-state index in [0.29, 0.717) is 6.10 Å². The van der Waals surface area contributed by atoms with Gasteiger partial charge in [-0.05, 0) is 50.3 Å². The first-order valence-electron chi connectivity index (χ1n) is 8.62. The first-order chi connectivity index (χ1) is 11.2. The third-order valence-electron chi connectivity index (χ3n) is 4.72. The first-order valence-corrected chi connectivity index (χ1v) is 8.99. The van der Waals surface area contributed by atoms with Crippen molar-refractivity contribution in [1.29, 1.82) is 0 Å². The molecule has 1 aliphatic heterocycles. The van der Waals surface area contributed by atoms with Crippen molar-refractivity contribution in [3.05, 3.63) is 34.9 Å². The molecule has 2 aliphatic rings. The van der Waals surface area contributed by atoms with Gasteiger partial charge in [-0.1, -0.05) is 23.7 Å². The molecule has 0 amide bonds. The predicted octanol–water partition coefficient (Wildman–Crippen LogP) is 3.72. The second-order valence-corrected chi connectivity index (χ2v) is 6.93. The van der Waals surface area contributed by atoms with Crippen molar-refractivity contribution >= 4 is 41.5 Å². The molecule has 4 nitrogen and oxygen atoms in total. The van der Waals surface area contributed by atoms with E-state index in [1.54, 1.807) is 0 Å². The molecular formula is C18H27ClIN3O. The van der Waals surface area contributed by atoms with Gasteiger partial charge in [-0.25, -0.2) is 0 Å². The molecule has 6 heteroatoms. The lowest BCUT2D eigenvalue weighted by Gasteiger charge is -2.17. The number of rotatable bonds is 6. The van der Waals surface area contributed by atoms with Crippen molar-refractivity contribution in [2.75, 3.05) is 26.2 Å². The van der Waals surface area contributed by atoms with Crippen LogP contribution in [0.3, 0.4) is 0 Å². The van der Waals surface area contributed by atoms with Gasteiger partial charge in [-0.15, -0.1) is 24.0 Å². The summed E-state index contributed by atoms with van der Waals surface area (Å²) < 4.78 is 5.66.